The topological polar surface area (TPSA) is 12.4 Å². The zero-order valence-corrected chi connectivity index (χ0v) is 6.87. The third-order valence-electron chi connectivity index (χ3n) is 1.72. The molecule has 1 aliphatic rings. The van der Waals surface area contributed by atoms with Crippen LogP contribution in [0.4, 0.5) is 0 Å². The molecule has 0 aromatic rings. The van der Waals surface area contributed by atoms with Crippen LogP contribution in [-0.2, 0) is 0 Å². The normalized spacial score (nSPS) is 26.4. The van der Waals surface area contributed by atoms with Crippen LogP contribution in [0.25, 0.3) is 0 Å². The highest BCUT2D eigenvalue weighted by atomic mass is 32.2. The first-order valence-corrected chi connectivity index (χ1v) is 4.70. The third-order valence-corrected chi connectivity index (χ3v) is 2.51. The van der Waals surface area contributed by atoms with Gasteiger partial charge in [0.2, 0.25) is 0 Å². The molecule has 0 bridgehead atoms. The molecular weight excluding hydrogens is 130 g/mol. The summed E-state index contributed by atoms with van der Waals surface area (Å²) < 4.78 is 0. The van der Waals surface area contributed by atoms with Gasteiger partial charge < -0.3 is 0 Å². The summed E-state index contributed by atoms with van der Waals surface area (Å²) in [6.07, 6.45) is 5.83. The zero-order valence-electron chi connectivity index (χ0n) is 6.05. The van der Waals surface area contributed by atoms with E-state index in [-0.39, 0.29) is 0 Å². The first-order chi connectivity index (χ1) is 4.36. The lowest BCUT2D eigenvalue weighted by Gasteiger charge is -1.96. The number of nitrogens with zero attached hydrogens (tertiary/aromatic N) is 1. The van der Waals surface area contributed by atoms with E-state index in [1.165, 1.54) is 24.3 Å². The molecule has 52 valence electrons. The van der Waals surface area contributed by atoms with Crippen LogP contribution in [0.1, 0.15) is 26.2 Å². The molecule has 0 aliphatic carbocycles. The lowest BCUT2D eigenvalue weighted by Crippen LogP contribution is -1.93. The summed E-state index contributed by atoms with van der Waals surface area (Å²) in [5.41, 5.74) is 0. The summed E-state index contributed by atoms with van der Waals surface area (Å²) in [4.78, 5) is 4.50. The van der Waals surface area contributed by atoms with E-state index in [0.29, 0.717) is 6.04 Å². The Morgan fingerprint density at radius 2 is 2.56 bits per heavy atom. The van der Waals surface area contributed by atoms with Gasteiger partial charge in [0, 0.05) is 0 Å². The van der Waals surface area contributed by atoms with Crippen molar-refractivity contribution in [1.29, 1.82) is 0 Å². The highest BCUT2D eigenvalue weighted by Crippen LogP contribution is 2.20. The molecule has 0 amide bonds. The van der Waals surface area contributed by atoms with Crippen molar-refractivity contribution in [1.82, 2.24) is 0 Å². The first-order valence-electron chi connectivity index (χ1n) is 3.47. The van der Waals surface area contributed by atoms with Crippen LogP contribution in [0, 0.1) is 0 Å². The van der Waals surface area contributed by atoms with E-state index in [1.54, 1.807) is 11.8 Å². The van der Waals surface area contributed by atoms with Crippen LogP contribution in [-0.4, -0.2) is 17.3 Å². The van der Waals surface area contributed by atoms with Gasteiger partial charge in [0.1, 0.15) is 0 Å². The van der Waals surface area contributed by atoms with Crippen molar-refractivity contribution in [3.05, 3.63) is 0 Å². The van der Waals surface area contributed by atoms with E-state index in [0.717, 1.165) is 0 Å². The SMILES string of the molecule is CC[C@@H]1CCC(SC)=N1. The zero-order chi connectivity index (χ0) is 6.69. The van der Waals surface area contributed by atoms with Gasteiger partial charge in [-0.15, -0.1) is 11.8 Å². The molecule has 0 aromatic carbocycles. The van der Waals surface area contributed by atoms with Crippen molar-refractivity contribution < 1.29 is 0 Å². The Bertz CT molecular complexity index is 120. The van der Waals surface area contributed by atoms with Crippen LogP contribution in [0.5, 0.6) is 0 Å². The minimum Gasteiger partial charge on any atom is -0.280 e. The second-order valence-corrected chi connectivity index (χ2v) is 3.21. The van der Waals surface area contributed by atoms with E-state index in [1.807, 2.05) is 0 Å². The Hall–Kier alpha value is 0.0200. The molecule has 0 saturated heterocycles. The summed E-state index contributed by atoms with van der Waals surface area (Å²) in [5.74, 6) is 0. The van der Waals surface area contributed by atoms with Gasteiger partial charge in [0.25, 0.3) is 0 Å². The predicted molar refractivity (Wildman–Crippen MR) is 44.3 cm³/mol. The molecule has 0 N–H and O–H groups in total. The fourth-order valence-corrected chi connectivity index (χ4v) is 1.65. The molecule has 1 atom stereocenters. The second-order valence-electron chi connectivity index (χ2n) is 2.33. The van der Waals surface area contributed by atoms with Crippen molar-refractivity contribution in [3.8, 4) is 0 Å². The number of thioether (sulfide) groups is 1. The van der Waals surface area contributed by atoms with Crippen molar-refractivity contribution in [3.63, 3.8) is 0 Å². The second kappa shape index (κ2) is 3.25. The largest absolute Gasteiger partial charge is 0.280 e. The molecule has 9 heavy (non-hydrogen) atoms. The lowest BCUT2D eigenvalue weighted by atomic mass is 10.2. The Morgan fingerprint density at radius 1 is 1.78 bits per heavy atom. The summed E-state index contributed by atoms with van der Waals surface area (Å²) in [6.45, 7) is 2.21. The molecule has 0 saturated carbocycles. The van der Waals surface area contributed by atoms with E-state index >= 15 is 0 Å². The average Bonchev–Trinajstić information content (AvgIpc) is 2.34. The average molecular weight is 143 g/mol. The monoisotopic (exact) mass is 143 g/mol. The number of hydrogen-bond acceptors (Lipinski definition) is 2. The van der Waals surface area contributed by atoms with E-state index in [9.17, 15) is 0 Å². The molecule has 2 heteroatoms. The van der Waals surface area contributed by atoms with Gasteiger partial charge in [-0.2, -0.15) is 0 Å². The fraction of sp³-hybridized carbons (Fsp3) is 0.857. The Morgan fingerprint density at radius 3 is 2.89 bits per heavy atom. The van der Waals surface area contributed by atoms with Gasteiger partial charge in [-0.05, 0) is 25.5 Å². The van der Waals surface area contributed by atoms with Crippen LogP contribution in [0.15, 0.2) is 4.99 Å². The Balaban J connectivity index is 2.40. The number of hydrogen-bond donors (Lipinski definition) is 0. The van der Waals surface area contributed by atoms with Crippen molar-refractivity contribution in [2.75, 3.05) is 6.26 Å². The minimum absolute atomic E-state index is 0.646. The number of aliphatic imine (C=N–C) groups is 1. The summed E-state index contributed by atoms with van der Waals surface area (Å²) in [7, 11) is 0. The van der Waals surface area contributed by atoms with E-state index in [2.05, 4.69) is 18.2 Å². The summed E-state index contributed by atoms with van der Waals surface area (Å²) in [5, 5.41) is 1.35. The lowest BCUT2D eigenvalue weighted by molar-refractivity contribution is 0.649. The Kier molecular flexibility index (Phi) is 2.58. The molecule has 1 heterocycles. The van der Waals surface area contributed by atoms with E-state index < -0.39 is 0 Å². The summed E-state index contributed by atoms with van der Waals surface area (Å²) in [6, 6.07) is 0.646. The molecule has 1 rings (SSSR count). The smallest absolute Gasteiger partial charge is 0.0677 e. The van der Waals surface area contributed by atoms with Gasteiger partial charge in [-0.25, -0.2) is 0 Å². The molecule has 0 spiro atoms. The van der Waals surface area contributed by atoms with Crippen LogP contribution in [0.2, 0.25) is 0 Å². The molecule has 0 aromatic heterocycles. The van der Waals surface area contributed by atoms with Crippen LogP contribution >= 0.6 is 11.8 Å². The third kappa shape index (κ3) is 1.71. The van der Waals surface area contributed by atoms with Crippen molar-refractivity contribution in [2.24, 2.45) is 4.99 Å². The first kappa shape index (κ1) is 7.13. The highest BCUT2D eigenvalue weighted by molar-refractivity contribution is 8.13. The maximum absolute atomic E-state index is 4.50. The van der Waals surface area contributed by atoms with Crippen molar-refractivity contribution >= 4 is 16.8 Å². The molecule has 1 aliphatic heterocycles. The standard InChI is InChI=1S/C7H13NS/c1-3-6-4-5-7(8-6)9-2/h6H,3-5H2,1-2H3/t6-/m1/s1. The summed E-state index contributed by atoms with van der Waals surface area (Å²) >= 11 is 1.80. The number of rotatable bonds is 1. The minimum atomic E-state index is 0.646. The van der Waals surface area contributed by atoms with E-state index in [4.69, 9.17) is 0 Å². The maximum atomic E-state index is 4.50. The molecular formula is C7H13NS. The highest BCUT2D eigenvalue weighted by Gasteiger charge is 2.13. The van der Waals surface area contributed by atoms with Crippen LogP contribution in [0.3, 0.4) is 0 Å². The molecule has 0 radical (unpaired) electrons. The van der Waals surface area contributed by atoms with Gasteiger partial charge in [-0.1, -0.05) is 6.92 Å². The van der Waals surface area contributed by atoms with Crippen molar-refractivity contribution in [2.45, 2.75) is 32.2 Å². The molecule has 0 unspecified atom stereocenters. The molecule has 1 nitrogen and oxygen atoms in total. The predicted octanol–water partition coefficient (Wildman–Crippen LogP) is 2.32. The molecule has 0 fully saturated rings. The quantitative estimate of drug-likeness (QED) is 0.548. The maximum Gasteiger partial charge on any atom is 0.0677 e. The van der Waals surface area contributed by atoms with Gasteiger partial charge >= 0.3 is 0 Å². The van der Waals surface area contributed by atoms with Gasteiger partial charge in [-0.3, -0.25) is 4.99 Å². The Labute approximate surface area is 60.9 Å². The van der Waals surface area contributed by atoms with Gasteiger partial charge in [0.15, 0.2) is 0 Å². The van der Waals surface area contributed by atoms with Gasteiger partial charge in [0.05, 0.1) is 11.1 Å². The fourth-order valence-electron chi connectivity index (χ4n) is 1.07. The van der Waals surface area contributed by atoms with Crippen LogP contribution < -0.4 is 0 Å².